The van der Waals surface area contributed by atoms with E-state index < -0.39 is 17.3 Å². The van der Waals surface area contributed by atoms with Gasteiger partial charge < -0.3 is 10.4 Å². The predicted octanol–water partition coefficient (Wildman–Crippen LogP) is 3.15. The lowest BCUT2D eigenvalue weighted by molar-refractivity contribution is -0.00540. The van der Waals surface area contributed by atoms with Crippen LogP contribution in [0, 0.1) is 11.7 Å². The Labute approximate surface area is 123 Å². The Balaban J connectivity index is 1.93. The van der Waals surface area contributed by atoms with Crippen LogP contribution in [0.15, 0.2) is 18.2 Å². The van der Waals surface area contributed by atoms with Gasteiger partial charge in [-0.3, -0.25) is 4.79 Å². The van der Waals surface area contributed by atoms with Crippen LogP contribution in [0.2, 0.25) is 5.02 Å². The average Bonchev–Trinajstić information content (AvgIpc) is 2.43. The second-order valence-corrected chi connectivity index (χ2v) is 6.13. The largest absolute Gasteiger partial charge is 0.388 e. The maximum atomic E-state index is 13.3. The number of rotatable bonds is 3. The third kappa shape index (κ3) is 3.70. The molecular weight excluding hydrogens is 281 g/mol. The normalized spacial score (nSPS) is 26.3. The minimum Gasteiger partial charge on any atom is -0.388 e. The highest BCUT2D eigenvalue weighted by Crippen LogP contribution is 2.31. The fourth-order valence-electron chi connectivity index (χ4n) is 2.46. The van der Waals surface area contributed by atoms with Crippen LogP contribution in [0.25, 0.3) is 0 Å². The molecule has 0 atom stereocenters. The summed E-state index contributed by atoms with van der Waals surface area (Å²) in [5, 5.41) is 13.0. The lowest BCUT2D eigenvalue weighted by Crippen LogP contribution is -2.45. The zero-order valence-corrected chi connectivity index (χ0v) is 12.2. The van der Waals surface area contributed by atoms with Crippen LogP contribution in [-0.2, 0) is 0 Å². The summed E-state index contributed by atoms with van der Waals surface area (Å²) < 4.78 is 13.3. The Kier molecular flexibility index (Phi) is 4.66. The number of hydrogen-bond acceptors (Lipinski definition) is 2. The first-order valence-electron chi connectivity index (χ1n) is 6.85. The van der Waals surface area contributed by atoms with Gasteiger partial charge in [0.2, 0.25) is 0 Å². The van der Waals surface area contributed by atoms with Crippen molar-refractivity contribution in [1.82, 2.24) is 5.32 Å². The summed E-state index contributed by atoms with van der Waals surface area (Å²) in [6.07, 6.45) is 3.29. The van der Waals surface area contributed by atoms with E-state index in [1.807, 2.05) is 0 Å². The second kappa shape index (κ2) is 6.10. The smallest absolute Gasteiger partial charge is 0.251 e. The van der Waals surface area contributed by atoms with E-state index in [1.165, 1.54) is 12.1 Å². The van der Waals surface area contributed by atoms with Crippen molar-refractivity contribution in [2.75, 3.05) is 6.54 Å². The van der Waals surface area contributed by atoms with E-state index in [0.717, 1.165) is 18.9 Å². The second-order valence-electron chi connectivity index (χ2n) is 5.72. The van der Waals surface area contributed by atoms with Crippen LogP contribution in [0.4, 0.5) is 4.39 Å². The van der Waals surface area contributed by atoms with Crippen molar-refractivity contribution < 1.29 is 14.3 Å². The first-order chi connectivity index (χ1) is 9.39. The Morgan fingerprint density at radius 2 is 2.15 bits per heavy atom. The molecule has 0 radical (unpaired) electrons. The molecule has 1 aliphatic carbocycles. The molecule has 0 aliphatic heterocycles. The Hall–Kier alpha value is -1.13. The number of benzene rings is 1. The predicted molar refractivity (Wildman–Crippen MR) is 76.3 cm³/mol. The van der Waals surface area contributed by atoms with Crippen molar-refractivity contribution in [3.63, 3.8) is 0 Å². The Morgan fingerprint density at radius 1 is 1.50 bits per heavy atom. The number of hydrogen-bond donors (Lipinski definition) is 2. The molecule has 5 heteroatoms. The van der Waals surface area contributed by atoms with Gasteiger partial charge in [0.05, 0.1) is 10.6 Å². The van der Waals surface area contributed by atoms with Gasteiger partial charge in [0.15, 0.2) is 0 Å². The summed E-state index contributed by atoms with van der Waals surface area (Å²) in [5.41, 5.74) is -0.632. The van der Waals surface area contributed by atoms with Gasteiger partial charge in [-0.25, -0.2) is 4.39 Å². The molecule has 1 saturated carbocycles. The van der Waals surface area contributed by atoms with Gasteiger partial charge in [-0.2, -0.15) is 0 Å². The fraction of sp³-hybridized carbons (Fsp3) is 0.533. The topological polar surface area (TPSA) is 49.3 Å². The molecule has 2 N–H and O–H groups in total. The van der Waals surface area contributed by atoms with E-state index in [2.05, 4.69) is 12.2 Å². The molecule has 1 aromatic rings. The lowest BCUT2D eigenvalue weighted by atomic mass is 9.79. The zero-order valence-electron chi connectivity index (χ0n) is 11.5. The molecular formula is C15H19ClFNO2. The van der Waals surface area contributed by atoms with Gasteiger partial charge in [-0.15, -0.1) is 0 Å². The molecule has 0 bridgehead atoms. The summed E-state index contributed by atoms with van der Waals surface area (Å²) >= 11 is 5.57. The first-order valence-corrected chi connectivity index (χ1v) is 7.23. The zero-order chi connectivity index (χ0) is 14.8. The summed E-state index contributed by atoms with van der Waals surface area (Å²) in [7, 11) is 0. The van der Waals surface area contributed by atoms with E-state index in [4.69, 9.17) is 11.6 Å². The van der Waals surface area contributed by atoms with E-state index in [0.29, 0.717) is 18.8 Å². The molecule has 1 amide bonds. The molecule has 1 fully saturated rings. The van der Waals surface area contributed by atoms with Gasteiger partial charge in [0.1, 0.15) is 5.82 Å². The number of nitrogens with one attached hydrogen (secondary N) is 1. The highest BCUT2D eigenvalue weighted by Gasteiger charge is 2.32. The van der Waals surface area contributed by atoms with Gasteiger partial charge >= 0.3 is 0 Å². The third-order valence-electron chi connectivity index (χ3n) is 3.96. The Bertz CT molecular complexity index is 499. The molecule has 1 aromatic carbocycles. The van der Waals surface area contributed by atoms with Crippen molar-refractivity contribution in [2.45, 2.75) is 38.2 Å². The van der Waals surface area contributed by atoms with Crippen molar-refractivity contribution in [3.05, 3.63) is 34.6 Å². The maximum Gasteiger partial charge on any atom is 0.251 e. The highest BCUT2D eigenvalue weighted by molar-refractivity contribution is 6.30. The van der Waals surface area contributed by atoms with Crippen molar-refractivity contribution in [3.8, 4) is 0 Å². The molecule has 2 rings (SSSR count). The lowest BCUT2D eigenvalue weighted by Gasteiger charge is -2.34. The van der Waals surface area contributed by atoms with Crippen LogP contribution in [-0.4, -0.2) is 23.2 Å². The van der Waals surface area contributed by atoms with Crippen molar-refractivity contribution in [2.24, 2.45) is 5.92 Å². The van der Waals surface area contributed by atoms with Crippen LogP contribution in [0.1, 0.15) is 43.0 Å². The number of carbonyl (C=O) groups is 1. The van der Waals surface area contributed by atoms with Crippen LogP contribution >= 0.6 is 11.6 Å². The number of halogens is 2. The summed E-state index contributed by atoms with van der Waals surface area (Å²) in [4.78, 5) is 11.9. The number of aliphatic hydroxyl groups is 1. The van der Waals surface area contributed by atoms with Gasteiger partial charge in [-0.1, -0.05) is 18.5 Å². The number of amides is 1. The van der Waals surface area contributed by atoms with E-state index in [-0.39, 0.29) is 17.1 Å². The maximum absolute atomic E-state index is 13.3. The Morgan fingerprint density at radius 3 is 2.75 bits per heavy atom. The summed E-state index contributed by atoms with van der Waals surface area (Å²) in [5.74, 6) is -0.395. The standard InChI is InChI=1S/C15H19ClFNO2/c1-10-4-6-15(20,7-5-10)9-18-14(19)11-2-3-12(16)13(17)8-11/h2-3,8,10,20H,4-7,9H2,1H3,(H,18,19). The highest BCUT2D eigenvalue weighted by atomic mass is 35.5. The molecule has 0 spiro atoms. The van der Waals surface area contributed by atoms with Crippen LogP contribution < -0.4 is 5.32 Å². The molecule has 0 heterocycles. The van der Waals surface area contributed by atoms with Gasteiger partial charge in [0.25, 0.3) is 5.91 Å². The fourth-order valence-corrected chi connectivity index (χ4v) is 2.58. The van der Waals surface area contributed by atoms with Crippen LogP contribution in [0.3, 0.4) is 0 Å². The quantitative estimate of drug-likeness (QED) is 0.901. The van der Waals surface area contributed by atoms with Gasteiger partial charge in [0, 0.05) is 12.1 Å². The van der Waals surface area contributed by atoms with Crippen LogP contribution in [0.5, 0.6) is 0 Å². The molecule has 3 nitrogen and oxygen atoms in total. The van der Waals surface area contributed by atoms with Crippen molar-refractivity contribution >= 4 is 17.5 Å². The average molecular weight is 300 g/mol. The minimum absolute atomic E-state index is 0.0125. The summed E-state index contributed by atoms with van der Waals surface area (Å²) in [6.45, 7) is 2.36. The molecule has 1 aliphatic rings. The first kappa shape index (κ1) is 15.3. The monoisotopic (exact) mass is 299 g/mol. The molecule has 0 saturated heterocycles. The third-order valence-corrected chi connectivity index (χ3v) is 4.27. The SMILES string of the molecule is CC1CCC(O)(CNC(=O)c2ccc(Cl)c(F)c2)CC1. The van der Waals surface area contributed by atoms with E-state index in [1.54, 1.807) is 0 Å². The minimum atomic E-state index is -0.840. The van der Waals surface area contributed by atoms with Gasteiger partial charge in [-0.05, 0) is 49.8 Å². The summed E-state index contributed by atoms with van der Waals surface area (Å²) in [6, 6.07) is 3.92. The van der Waals surface area contributed by atoms with Crippen molar-refractivity contribution in [1.29, 1.82) is 0 Å². The molecule has 20 heavy (non-hydrogen) atoms. The number of carbonyl (C=O) groups excluding carboxylic acids is 1. The molecule has 110 valence electrons. The van der Waals surface area contributed by atoms with E-state index in [9.17, 15) is 14.3 Å². The van der Waals surface area contributed by atoms with E-state index >= 15 is 0 Å². The molecule has 0 unspecified atom stereocenters. The molecule has 0 aromatic heterocycles.